The maximum Gasteiger partial charge on any atom is 0.319 e. The van der Waals surface area contributed by atoms with Gasteiger partial charge in [-0.2, -0.15) is 0 Å². The maximum absolute atomic E-state index is 12.5. The Morgan fingerprint density at radius 1 is 1.29 bits per heavy atom. The van der Waals surface area contributed by atoms with E-state index in [0.29, 0.717) is 12.4 Å². The number of hydrogen-bond acceptors (Lipinski definition) is 5. The van der Waals surface area contributed by atoms with Crippen molar-refractivity contribution in [3.05, 3.63) is 46.0 Å². The van der Waals surface area contributed by atoms with Gasteiger partial charge in [-0.05, 0) is 49.9 Å². The summed E-state index contributed by atoms with van der Waals surface area (Å²) in [6, 6.07) is 3.50. The van der Waals surface area contributed by atoms with Gasteiger partial charge in [-0.1, -0.05) is 0 Å². The molecule has 28 heavy (non-hydrogen) atoms. The lowest BCUT2D eigenvalue weighted by atomic mass is 10.1. The van der Waals surface area contributed by atoms with Gasteiger partial charge in [-0.15, -0.1) is 0 Å². The third kappa shape index (κ3) is 4.27. The fourth-order valence-corrected chi connectivity index (χ4v) is 3.48. The second-order valence-corrected chi connectivity index (χ2v) is 7.19. The average Bonchev–Trinajstić information content (AvgIpc) is 2.66. The van der Waals surface area contributed by atoms with Gasteiger partial charge in [0.1, 0.15) is 5.75 Å². The molecule has 8 nitrogen and oxygen atoms in total. The molecule has 150 valence electrons. The van der Waals surface area contributed by atoms with E-state index in [1.807, 2.05) is 30.9 Å². The lowest BCUT2D eigenvalue weighted by molar-refractivity contribution is 0.246. The van der Waals surface area contributed by atoms with Crippen molar-refractivity contribution in [2.24, 2.45) is 7.05 Å². The summed E-state index contributed by atoms with van der Waals surface area (Å²) in [5.41, 5.74) is 2.51. The molecule has 0 aliphatic carbocycles. The van der Waals surface area contributed by atoms with Gasteiger partial charge in [-0.25, -0.2) is 9.78 Å². The van der Waals surface area contributed by atoms with Crippen LogP contribution in [0.4, 0.5) is 16.3 Å². The number of rotatable bonds is 4. The minimum absolute atomic E-state index is 0.0555. The molecule has 0 saturated carbocycles. The molecule has 2 aromatic rings. The number of carbonyl (C=O) groups excluding carboxylic acids is 1. The third-order valence-electron chi connectivity index (χ3n) is 5.04. The number of hydrogen-bond donors (Lipinski definition) is 2. The van der Waals surface area contributed by atoms with Gasteiger partial charge < -0.3 is 24.8 Å². The van der Waals surface area contributed by atoms with Gasteiger partial charge in [0.05, 0.1) is 7.11 Å². The zero-order valence-electron chi connectivity index (χ0n) is 16.8. The van der Waals surface area contributed by atoms with E-state index >= 15 is 0 Å². The molecule has 1 atom stereocenters. The molecule has 2 amide bonds. The molecular formula is C20H27N5O3. The average molecular weight is 385 g/mol. The quantitative estimate of drug-likeness (QED) is 0.842. The molecular weight excluding hydrogens is 358 g/mol. The predicted molar refractivity (Wildman–Crippen MR) is 109 cm³/mol. The normalized spacial score (nSPS) is 16.6. The van der Waals surface area contributed by atoms with E-state index < -0.39 is 0 Å². The summed E-state index contributed by atoms with van der Waals surface area (Å²) >= 11 is 0. The van der Waals surface area contributed by atoms with Crippen molar-refractivity contribution in [1.29, 1.82) is 0 Å². The van der Waals surface area contributed by atoms with Crippen LogP contribution in [-0.2, 0) is 7.05 Å². The monoisotopic (exact) mass is 385 g/mol. The number of benzene rings is 1. The highest BCUT2D eigenvalue weighted by Crippen LogP contribution is 2.26. The van der Waals surface area contributed by atoms with Gasteiger partial charge >= 0.3 is 6.03 Å². The van der Waals surface area contributed by atoms with Gasteiger partial charge in [0.15, 0.2) is 5.82 Å². The predicted octanol–water partition coefficient (Wildman–Crippen LogP) is 2.20. The van der Waals surface area contributed by atoms with E-state index in [9.17, 15) is 9.59 Å². The van der Waals surface area contributed by atoms with Crippen LogP contribution in [0, 0.1) is 13.8 Å². The molecule has 8 heteroatoms. The number of aryl methyl sites for hydroxylation is 3. The van der Waals surface area contributed by atoms with E-state index in [-0.39, 0.29) is 17.6 Å². The van der Waals surface area contributed by atoms with Crippen LogP contribution in [0.25, 0.3) is 0 Å². The van der Waals surface area contributed by atoms with Crippen LogP contribution in [-0.4, -0.2) is 41.8 Å². The molecule has 1 saturated heterocycles. The smallest absolute Gasteiger partial charge is 0.319 e. The van der Waals surface area contributed by atoms with Crippen molar-refractivity contribution >= 4 is 17.5 Å². The van der Waals surface area contributed by atoms with Crippen molar-refractivity contribution in [2.75, 3.05) is 30.4 Å². The molecule has 0 bridgehead atoms. The number of ether oxygens (including phenoxy) is 1. The van der Waals surface area contributed by atoms with Crippen molar-refractivity contribution < 1.29 is 9.53 Å². The third-order valence-corrected chi connectivity index (χ3v) is 5.04. The fourth-order valence-electron chi connectivity index (χ4n) is 3.48. The number of amides is 2. The highest BCUT2D eigenvalue weighted by molar-refractivity contribution is 5.90. The second kappa shape index (κ2) is 8.33. The SMILES string of the molecule is COc1cc(C)c(NC(=O)NC2CCCN(c3nccn(C)c3=O)C2)cc1C. The van der Waals surface area contributed by atoms with Crippen molar-refractivity contribution in [1.82, 2.24) is 14.9 Å². The second-order valence-electron chi connectivity index (χ2n) is 7.19. The van der Waals surface area contributed by atoms with Crippen LogP contribution >= 0.6 is 0 Å². The molecule has 3 rings (SSSR count). The summed E-state index contributed by atoms with van der Waals surface area (Å²) in [5, 5.41) is 5.94. The van der Waals surface area contributed by atoms with E-state index in [2.05, 4.69) is 15.6 Å². The number of urea groups is 1. The molecule has 1 aliphatic rings. The number of nitrogens with one attached hydrogen (secondary N) is 2. The Morgan fingerprint density at radius 2 is 2.07 bits per heavy atom. The number of methoxy groups -OCH3 is 1. The molecule has 2 heterocycles. The first kappa shape index (κ1) is 19.7. The number of carbonyl (C=O) groups is 1. The van der Waals surface area contributed by atoms with Crippen LogP contribution in [0.1, 0.15) is 24.0 Å². The molecule has 1 aliphatic heterocycles. The molecule has 2 N–H and O–H groups in total. The standard InChI is InChI=1S/C20H27N5O3/c1-13-11-17(28-4)14(2)10-16(13)23-20(27)22-15-6-5-8-25(12-15)18-19(26)24(3)9-7-21-18/h7,9-11,15H,5-6,8,12H2,1-4H3,(H2,22,23,27). The highest BCUT2D eigenvalue weighted by atomic mass is 16.5. The lowest BCUT2D eigenvalue weighted by Crippen LogP contribution is -2.50. The van der Waals surface area contributed by atoms with Gasteiger partial charge in [-0.3, -0.25) is 4.79 Å². The van der Waals surface area contributed by atoms with E-state index in [1.54, 1.807) is 26.6 Å². The minimum atomic E-state index is -0.256. The van der Waals surface area contributed by atoms with Crippen molar-refractivity contribution in [2.45, 2.75) is 32.7 Å². The van der Waals surface area contributed by atoms with Crippen LogP contribution in [0.2, 0.25) is 0 Å². The molecule has 1 unspecified atom stereocenters. The van der Waals surface area contributed by atoms with Gasteiger partial charge in [0, 0.05) is 44.3 Å². The number of aromatic nitrogens is 2. The number of piperidine rings is 1. The van der Waals surface area contributed by atoms with Crippen molar-refractivity contribution in [3.63, 3.8) is 0 Å². The molecule has 0 spiro atoms. The van der Waals surface area contributed by atoms with E-state index in [0.717, 1.165) is 42.0 Å². The summed E-state index contributed by atoms with van der Waals surface area (Å²) < 4.78 is 6.83. The highest BCUT2D eigenvalue weighted by Gasteiger charge is 2.24. The lowest BCUT2D eigenvalue weighted by Gasteiger charge is -2.33. The topological polar surface area (TPSA) is 88.5 Å². The molecule has 0 radical (unpaired) electrons. The fraction of sp³-hybridized carbons (Fsp3) is 0.450. The van der Waals surface area contributed by atoms with Crippen LogP contribution in [0.5, 0.6) is 5.75 Å². The Labute approximate surface area is 164 Å². The Bertz CT molecular complexity index is 925. The summed E-state index contributed by atoms with van der Waals surface area (Å²) in [5.74, 6) is 1.22. The van der Waals surface area contributed by atoms with Crippen LogP contribution < -0.4 is 25.8 Å². The Hall–Kier alpha value is -3.03. The first-order valence-electron chi connectivity index (χ1n) is 9.38. The minimum Gasteiger partial charge on any atom is -0.496 e. The van der Waals surface area contributed by atoms with Gasteiger partial charge in [0.25, 0.3) is 5.56 Å². The van der Waals surface area contributed by atoms with Gasteiger partial charge in [0.2, 0.25) is 0 Å². The van der Waals surface area contributed by atoms with E-state index in [4.69, 9.17) is 4.74 Å². The molecule has 1 aromatic carbocycles. The summed E-state index contributed by atoms with van der Waals surface area (Å²) in [7, 11) is 3.34. The maximum atomic E-state index is 12.5. The first-order valence-corrected chi connectivity index (χ1v) is 9.38. The van der Waals surface area contributed by atoms with Crippen LogP contribution in [0.3, 0.4) is 0 Å². The molecule has 1 aromatic heterocycles. The van der Waals surface area contributed by atoms with E-state index in [1.165, 1.54) is 4.57 Å². The summed E-state index contributed by atoms with van der Waals surface area (Å²) in [4.78, 5) is 31.0. The number of nitrogens with zero attached hydrogens (tertiary/aromatic N) is 3. The van der Waals surface area contributed by atoms with Crippen LogP contribution in [0.15, 0.2) is 29.3 Å². The van der Waals surface area contributed by atoms with Crippen molar-refractivity contribution in [3.8, 4) is 5.75 Å². The zero-order valence-corrected chi connectivity index (χ0v) is 16.8. The zero-order chi connectivity index (χ0) is 20.3. The Morgan fingerprint density at radius 3 is 2.82 bits per heavy atom. The largest absolute Gasteiger partial charge is 0.496 e. The summed E-state index contributed by atoms with van der Waals surface area (Å²) in [6.07, 6.45) is 5.00. The molecule has 1 fully saturated rings. The Balaban J connectivity index is 1.65. The number of anilines is 2. The first-order chi connectivity index (χ1) is 13.4. The summed E-state index contributed by atoms with van der Waals surface area (Å²) in [6.45, 7) is 5.17. The Kier molecular flexibility index (Phi) is 5.87.